The number of rotatable bonds is 11. The number of sulfonamides is 1. The standard InChI is InChI=1S/C20H26N2O5S/c1-3-27-13-7-12-21-18-11-10-17(20(23)24)14-19(18)28(25,26)22-15(2)16-8-5-4-6-9-16/h4-6,8-11,14-15,21-22H,3,7,12-13H2,1-2H3,(H,23,24). The van der Waals surface area contributed by atoms with Gasteiger partial charge in [0, 0.05) is 25.8 Å². The molecule has 8 heteroatoms. The highest BCUT2D eigenvalue weighted by Gasteiger charge is 2.23. The summed E-state index contributed by atoms with van der Waals surface area (Å²) in [5.41, 5.74) is 1.08. The Morgan fingerprint density at radius 1 is 1.18 bits per heavy atom. The van der Waals surface area contributed by atoms with E-state index < -0.39 is 22.0 Å². The van der Waals surface area contributed by atoms with Crippen molar-refractivity contribution in [2.75, 3.05) is 25.1 Å². The molecule has 0 radical (unpaired) electrons. The maximum absolute atomic E-state index is 13.0. The predicted octanol–water partition coefficient (Wildman–Crippen LogP) is 3.26. The van der Waals surface area contributed by atoms with Crippen molar-refractivity contribution in [3.8, 4) is 0 Å². The van der Waals surface area contributed by atoms with Gasteiger partial charge in [0.2, 0.25) is 10.0 Å². The number of anilines is 1. The molecule has 0 saturated carbocycles. The Morgan fingerprint density at radius 3 is 2.54 bits per heavy atom. The fraction of sp³-hybridized carbons (Fsp3) is 0.350. The minimum absolute atomic E-state index is 0.0902. The van der Waals surface area contributed by atoms with Crippen LogP contribution in [-0.2, 0) is 14.8 Å². The van der Waals surface area contributed by atoms with Gasteiger partial charge in [0.15, 0.2) is 0 Å². The molecule has 2 aromatic carbocycles. The minimum atomic E-state index is -3.95. The monoisotopic (exact) mass is 406 g/mol. The summed E-state index contributed by atoms with van der Waals surface area (Å²) in [4.78, 5) is 11.2. The lowest BCUT2D eigenvalue weighted by atomic mass is 10.1. The van der Waals surface area contributed by atoms with Gasteiger partial charge in [-0.1, -0.05) is 30.3 Å². The van der Waals surface area contributed by atoms with Gasteiger partial charge >= 0.3 is 5.97 Å². The van der Waals surface area contributed by atoms with Crippen molar-refractivity contribution in [1.29, 1.82) is 0 Å². The Labute approximate surface area is 165 Å². The molecule has 0 bridgehead atoms. The highest BCUT2D eigenvalue weighted by atomic mass is 32.2. The number of hydrogen-bond donors (Lipinski definition) is 3. The fourth-order valence-electron chi connectivity index (χ4n) is 2.67. The van der Waals surface area contributed by atoms with Crippen molar-refractivity contribution in [2.24, 2.45) is 0 Å². The summed E-state index contributed by atoms with van der Waals surface area (Å²) in [6.45, 7) is 5.32. The van der Waals surface area contributed by atoms with Crippen LogP contribution in [0.1, 0.15) is 42.2 Å². The van der Waals surface area contributed by atoms with E-state index in [0.717, 1.165) is 5.56 Å². The lowest BCUT2D eigenvalue weighted by molar-refractivity contribution is 0.0696. The van der Waals surface area contributed by atoms with Gasteiger partial charge in [-0.05, 0) is 44.0 Å². The first-order chi connectivity index (χ1) is 13.3. The summed E-state index contributed by atoms with van der Waals surface area (Å²) < 4.78 is 33.8. The second-order valence-corrected chi connectivity index (χ2v) is 7.93. The van der Waals surface area contributed by atoms with Crippen LogP contribution in [0.15, 0.2) is 53.4 Å². The Hall–Kier alpha value is -2.42. The summed E-state index contributed by atoms with van der Waals surface area (Å²) in [6.07, 6.45) is 0.696. The number of ether oxygens (including phenoxy) is 1. The normalized spacial score (nSPS) is 12.5. The summed E-state index contributed by atoms with van der Waals surface area (Å²) in [7, 11) is -3.95. The zero-order valence-electron chi connectivity index (χ0n) is 16.0. The summed E-state index contributed by atoms with van der Waals surface area (Å²) in [5.74, 6) is -1.18. The number of carboxylic acid groups (broad SMARTS) is 1. The Morgan fingerprint density at radius 2 is 1.89 bits per heavy atom. The van der Waals surface area contributed by atoms with Gasteiger partial charge in [0.1, 0.15) is 4.90 Å². The van der Waals surface area contributed by atoms with Crippen LogP contribution in [0.25, 0.3) is 0 Å². The molecule has 152 valence electrons. The van der Waals surface area contributed by atoms with E-state index in [0.29, 0.717) is 31.9 Å². The molecule has 0 fully saturated rings. The lowest BCUT2D eigenvalue weighted by Gasteiger charge is -2.18. The summed E-state index contributed by atoms with van der Waals surface area (Å²) in [5, 5.41) is 12.3. The second kappa shape index (κ2) is 10.2. The molecule has 0 saturated heterocycles. The largest absolute Gasteiger partial charge is 0.478 e. The Kier molecular flexibility index (Phi) is 7.98. The van der Waals surface area contributed by atoms with Gasteiger partial charge in [-0.25, -0.2) is 17.9 Å². The Bertz CT molecular complexity index is 885. The van der Waals surface area contributed by atoms with Gasteiger partial charge in [-0.15, -0.1) is 0 Å². The van der Waals surface area contributed by atoms with Crippen LogP contribution in [0.5, 0.6) is 0 Å². The zero-order chi connectivity index (χ0) is 20.6. The number of hydrogen-bond acceptors (Lipinski definition) is 5. The van der Waals surface area contributed by atoms with Gasteiger partial charge in [-0.3, -0.25) is 0 Å². The number of carbonyl (C=O) groups is 1. The van der Waals surface area contributed by atoms with Crippen molar-refractivity contribution in [3.63, 3.8) is 0 Å². The number of benzene rings is 2. The quantitative estimate of drug-likeness (QED) is 0.495. The smallest absolute Gasteiger partial charge is 0.335 e. The highest BCUT2D eigenvalue weighted by molar-refractivity contribution is 7.89. The molecular weight excluding hydrogens is 380 g/mol. The molecule has 0 aromatic heterocycles. The van der Waals surface area contributed by atoms with Crippen LogP contribution in [0.4, 0.5) is 5.69 Å². The van der Waals surface area contributed by atoms with Crippen molar-refractivity contribution in [1.82, 2.24) is 4.72 Å². The van der Waals surface area contributed by atoms with E-state index >= 15 is 0 Å². The maximum Gasteiger partial charge on any atom is 0.335 e. The fourth-order valence-corrected chi connectivity index (χ4v) is 4.11. The van der Waals surface area contributed by atoms with Crippen LogP contribution < -0.4 is 10.0 Å². The van der Waals surface area contributed by atoms with Crippen LogP contribution in [0.3, 0.4) is 0 Å². The molecule has 2 aromatic rings. The van der Waals surface area contributed by atoms with Gasteiger partial charge in [0.05, 0.1) is 11.3 Å². The lowest BCUT2D eigenvalue weighted by Crippen LogP contribution is -2.28. The molecule has 0 aliphatic heterocycles. The number of nitrogens with one attached hydrogen (secondary N) is 2. The third kappa shape index (κ3) is 6.05. The van der Waals surface area contributed by atoms with Gasteiger partial charge < -0.3 is 15.2 Å². The molecule has 1 atom stereocenters. The zero-order valence-corrected chi connectivity index (χ0v) is 16.8. The van der Waals surface area contributed by atoms with Crippen LogP contribution in [-0.4, -0.2) is 39.3 Å². The van der Waals surface area contributed by atoms with E-state index in [4.69, 9.17) is 4.74 Å². The van der Waals surface area contributed by atoms with E-state index in [1.165, 1.54) is 18.2 Å². The van der Waals surface area contributed by atoms with E-state index in [2.05, 4.69) is 10.0 Å². The van der Waals surface area contributed by atoms with E-state index in [-0.39, 0.29) is 10.5 Å². The first kappa shape index (κ1) is 21.9. The summed E-state index contributed by atoms with van der Waals surface area (Å²) >= 11 is 0. The predicted molar refractivity (Wildman–Crippen MR) is 108 cm³/mol. The van der Waals surface area contributed by atoms with E-state index in [1.54, 1.807) is 6.92 Å². The first-order valence-electron chi connectivity index (χ1n) is 9.11. The minimum Gasteiger partial charge on any atom is -0.478 e. The molecule has 7 nitrogen and oxygen atoms in total. The molecular formula is C20H26N2O5S. The Balaban J connectivity index is 2.25. The van der Waals surface area contributed by atoms with Crippen molar-refractivity contribution < 1.29 is 23.1 Å². The van der Waals surface area contributed by atoms with Crippen LogP contribution in [0, 0.1) is 0 Å². The third-order valence-corrected chi connectivity index (χ3v) is 5.72. The SMILES string of the molecule is CCOCCCNc1ccc(C(=O)O)cc1S(=O)(=O)NC(C)c1ccccc1. The van der Waals surface area contributed by atoms with E-state index in [9.17, 15) is 18.3 Å². The van der Waals surface area contributed by atoms with Crippen molar-refractivity contribution >= 4 is 21.7 Å². The average Bonchev–Trinajstić information content (AvgIpc) is 2.68. The number of aromatic carboxylic acids is 1. The first-order valence-corrected chi connectivity index (χ1v) is 10.6. The molecule has 0 heterocycles. The third-order valence-electron chi connectivity index (χ3n) is 4.13. The second-order valence-electron chi connectivity index (χ2n) is 6.25. The molecule has 0 amide bonds. The highest BCUT2D eigenvalue weighted by Crippen LogP contribution is 2.25. The molecule has 0 aliphatic rings. The van der Waals surface area contributed by atoms with Gasteiger partial charge in [0.25, 0.3) is 0 Å². The van der Waals surface area contributed by atoms with Crippen molar-refractivity contribution in [2.45, 2.75) is 31.2 Å². The topological polar surface area (TPSA) is 105 Å². The van der Waals surface area contributed by atoms with Crippen LogP contribution in [0.2, 0.25) is 0 Å². The van der Waals surface area contributed by atoms with Gasteiger partial charge in [-0.2, -0.15) is 0 Å². The molecule has 28 heavy (non-hydrogen) atoms. The van der Waals surface area contributed by atoms with Crippen LogP contribution >= 0.6 is 0 Å². The van der Waals surface area contributed by atoms with E-state index in [1.807, 2.05) is 37.3 Å². The maximum atomic E-state index is 13.0. The molecule has 2 rings (SSSR count). The molecule has 3 N–H and O–H groups in total. The summed E-state index contributed by atoms with van der Waals surface area (Å²) in [6, 6.07) is 12.7. The molecule has 0 aliphatic carbocycles. The number of carboxylic acids is 1. The molecule has 1 unspecified atom stereocenters. The van der Waals surface area contributed by atoms with Crippen molar-refractivity contribution in [3.05, 3.63) is 59.7 Å². The molecule has 0 spiro atoms. The average molecular weight is 407 g/mol.